The van der Waals surface area contributed by atoms with Crippen LogP contribution in [0.1, 0.15) is 30.9 Å². The van der Waals surface area contributed by atoms with Gasteiger partial charge in [-0.05, 0) is 24.1 Å². The third-order valence-corrected chi connectivity index (χ3v) is 2.47. The van der Waals surface area contributed by atoms with Gasteiger partial charge >= 0.3 is 0 Å². The highest BCUT2D eigenvalue weighted by molar-refractivity contribution is 5.56. The minimum Gasteiger partial charge on any atom is -0.475 e. The highest BCUT2D eigenvalue weighted by Crippen LogP contribution is 2.27. The van der Waals surface area contributed by atoms with Crippen LogP contribution in [-0.4, -0.2) is 0 Å². The van der Waals surface area contributed by atoms with Gasteiger partial charge in [0, 0.05) is 11.3 Å². The predicted octanol–water partition coefficient (Wildman–Crippen LogP) is 3.22. The summed E-state index contributed by atoms with van der Waals surface area (Å²) in [5, 5.41) is 3.11. The first-order valence-corrected chi connectivity index (χ1v) is 4.88. The molecule has 0 saturated carbocycles. The molecule has 0 spiro atoms. The second-order valence-corrected chi connectivity index (χ2v) is 3.91. The first-order chi connectivity index (χ1) is 6.66. The molecule has 0 atom stereocenters. The molecule has 1 N–H and O–H groups in total. The number of rotatable bonds is 1. The lowest BCUT2D eigenvalue weighted by atomic mass is 9.99. The van der Waals surface area contributed by atoms with Crippen molar-refractivity contribution in [2.75, 3.05) is 5.32 Å². The van der Waals surface area contributed by atoms with Crippen LogP contribution >= 0.6 is 0 Å². The molecule has 0 aliphatic carbocycles. The van der Waals surface area contributed by atoms with E-state index < -0.39 is 0 Å². The fourth-order valence-electron chi connectivity index (χ4n) is 1.57. The molecule has 1 aliphatic heterocycles. The van der Waals surface area contributed by atoms with Crippen LogP contribution in [0.15, 0.2) is 30.7 Å². The van der Waals surface area contributed by atoms with Crippen molar-refractivity contribution >= 4 is 5.69 Å². The Balaban J connectivity index is 2.36. The van der Waals surface area contributed by atoms with E-state index in [4.69, 9.17) is 4.74 Å². The summed E-state index contributed by atoms with van der Waals surface area (Å²) in [5.41, 5.74) is 3.68. The van der Waals surface area contributed by atoms with E-state index in [0.717, 1.165) is 5.69 Å². The van der Waals surface area contributed by atoms with E-state index in [-0.39, 0.29) is 0 Å². The molecule has 1 aromatic rings. The second kappa shape index (κ2) is 3.37. The SMILES string of the molecule is C=C1Nc2ccc(C(C)C)cc2CO1. The highest BCUT2D eigenvalue weighted by atomic mass is 16.5. The van der Waals surface area contributed by atoms with Crippen molar-refractivity contribution in [3.8, 4) is 0 Å². The van der Waals surface area contributed by atoms with Crippen LogP contribution in [0.2, 0.25) is 0 Å². The van der Waals surface area contributed by atoms with E-state index in [2.05, 4.69) is 43.9 Å². The summed E-state index contributed by atoms with van der Waals surface area (Å²) in [5.74, 6) is 1.19. The average molecular weight is 189 g/mol. The Kier molecular flexibility index (Phi) is 2.20. The van der Waals surface area contributed by atoms with Crippen LogP contribution in [0.4, 0.5) is 5.69 Å². The van der Waals surface area contributed by atoms with E-state index in [1.165, 1.54) is 11.1 Å². The molecule has 0 fully saturated rings. The van der Waals surface area contributed by atoms with Gasteiger partial charge in [-0.1, -0.05) is 26.0 Å². The largest absolute Gasteiger partial charge is 0.475 e. The fourth-order valence-corrected chi connectivity index (χ4v) is 1.57. The van der Waals surface area contributed by atoms with Crippen molar-refractivity contribution in [3.05, 3.63) is 41.8 Å². The zero-order valence-electron chi connectivity index (χ0n) is 8.63. The van der Waals surface area contributed by atoms with Crippen LogP contribution in [-0.2, 0) is 11.3 Å². The standard InChI is InChI=1S/C12H15NO/c1-8(2)10-4-5-12-11(6-10)7-14-9(3)13-12/h4-6,8,13H,3,7H2,1-2H3. The van der Waals surface area contributed by atoms with Gasteiger partial charge in [-0.3, -0.25) is 0 Å². The van der Waals surface area contributed by atoms with Crippen LogP contribution in [0, 0.1) is 0 Å². The van der Waals surface area contributed by atoms with Crippen LogP contribution in [0.3, 0.4) is 0 Å². The molecule has 0 saturated heterocycles. The lowest BCUT2D eigenvalue weighted by Gasteiger charge is -2.22. The zero-order chi connectivity index (χ0) is 10.1. The highest BCUT2D eigenvalue weighted by Gasteiger charge is 2.12. The van der Waals surface area contributed by atoms with E-state index in [9.17, 15) is 0 Å². The summed E-state index contributed by atoms with van der Waals surface area (Å²) >= 11 is 0. The molecule has 0 amide bonds. The lowest BCUT2D eigenvalue weighted by molar-refractivity contribution is 0.198. The van der Waals surface area contributed by atoms with Gasteiger partial charge in [-0.25, -0.2) is 0 Å². The van der Waals surface area contributed by atoms with Crippen LogP contribution in [0.25, 0.3) is 0 Å². The molecule has 0 bridgehead atoms. The first-order valence-electron chi connectivity index (χ1n) is 4.88. The summed E-state index contributed by atoms with van der Waals surface area (Å²) in [6.45, 7) is 8.75. The molecule has 0 radical (unpaired) electrons. The molecule has 74 valence electrons. The van der Waals surface area contributed by atoms with Crippen molar-refractivity contribution in [1.29, 1.82) is 0 Å². The molecule has 2 heteroatoms. The zero-order valence-corrected chi connectivity index (χ0v) is 8.63. The second-order valence-electron chi connectivity index (χ2n) is 3.91. The summed E-state index contributed by atoms with van der Waals surface area (Å²) in [6.07, 6.45) is 0. The number of fused-ring (bicyclic) bond motifs is 1. The Hall–Kier alpha value is -1.44. The van der Waals surface area contributed by atoms with Gasteiger partial charge in [-0.15, -0.1) is 0 Å². The molecule has 0 unspecified atom stereocenters. The van der Waals surface area contributed by atoms with E-state index in [1.807, 2.05) is 0 Å². The predicted molar refractivity (Wildman–Crippen MR) is 58.1 cm³/mol. The van der Waals surface area contributed by atoms with Crippen molar-refractivity contribution in [2.24, 2.45) is 0 Å². The third-order valence-electron chi connectivity index (χ3n) is 2.47. The van der Waals surface area contributed by atoms with Crippen molar-refractivity contribution in [1.82, 2.24) is 0 Å². The normalized spacial score (nSPS) is 14.6. The van der Waals surface area contributed by atoms with E-state index in [1.54, 1.807) is 0 Å². The lowest BCUT2D eigenvalue weighted by Crippen LogP contribution is -2.12. The molecule has 2 rings (SSSR count). The molecule has 1 heterocycles. The van der Waals surface area contributed by atoms with Gasteiger partial charge in [0.2, 0.25) is 0 Å². The molecule has 1 aromatic carbocycles. The first kappa shape index (κ1) is 9.13. The third kappa shape index (κ3) is 1.60. The summed E-state index contributed by atoms with van der Waals surface area (Å²) in [7, 11) is 0. The van der Waals surface area contributed by atoms with Crippen molar-refractivity contribution < 1.29 is 4.74 Å². The summed E-state index contributed by atoms with van der Waals surface area (Å²) in [6, 6.07) is 6.44. The number of hydrogen-bond donors (Lipinski definition) is 1. The van der Waals surface area contributed by atoms with Crippen LogP contribution in [0.5, 0.6) is 0 Å². The van der Waals surface area contributed by atoms with Gasteiger partial charge < -0.3 is 10.1 Å². The molecule has 1 aliphatic rings. The molecule has 2 nitrogen and oxygen atoms in total. The Bertz CT molecular complexity index is 369. The molecular formula is C12H15NO. The van der Waals surface area contributed by atoms with Crippen molar-refractivity contribution in [3.63, 3.8) is 0 Å². The minimum absolute atomic E-state index is 0.561. The molecular weight excluding hydrogens is 174 g/mol. The van der Waals surface area contributed by atoms with E-state index >= 15 is 0 Å². The fraction of sp³-hybridized carbons (Fsp3) is 0.333. The maximum absolute atomic E-state index is 5.33. The quantitative estimate of drug-likeness (QED) is 0.732. The average Bonchev–Trinajstić information content (AvgIpc) is 2.16. The number of nitrogens with one attached hydrogen (secondary N) is 1. The number of benzene rings is 1. The number of ether oxygens (including phenoxy) is 1. The van der Waals surface area contributed by atoms with Crippen molar-refractivity contribution in [2.45, 2.75) is 26.4 Å². The Morgan fingerprint density at radius 2 is 2.21 bits per heavy atom. The summed E-state index contributed by atoms with van der Waals surface area (Å²) < 4.78 is 5.33. The molecule has 0 aromatic heterocycles. The maximum atomic E-state index is 5.33. The Labute approximate surface area is 84.6 Å². The van der Waals surface area contributed by atoms with Gasteiger partial charge in [0.05, 0.1) is 0 Å². The maximum Gasteiger partial charge on any atom is 0.184 e. The van der Waals surface area contributed by atoms with E-state index in [0.29, 0.717) is 18.4 Å². The van der Waals surface area contributed by atoms with Gasteiger partial charge in [-0.2, -0.15) is 0 Å². The Morgan fingerprint density at radius 3 is 2.93 bits per heavy atom. The number of hydrogen-bond acceptors (Lipinski definition) is 2. The van der Waals surface area contributed by atoms with Crippen LogP contribution < -0.4 is 5.32 Å². The monoisotopic (exact) mass is 189 g/mol. The smallest absolute Gasteiger partial charge is 0.184 e. The minimum atomic E-state index is 0.561. The molecule has 14 heavy (non-hydrogen) atoms. The van der Waals surface area contributed by atoms with Gasteiger partial charge in [0.15, 0.2) is 5.88 Å². The number of anilines is 1. The topological polar surface area (TPSA) is 21.3 Å². The van der Waals surface area contributed by atoms with Gasteiger partial charge in [0.1, 0.15) is 6.61 Å². The Morgan fingerprint density at radius 1 is 1.43 bits per heavy atom. The summed E-state index contributed by atoms with van der Waals surface area (Å²) in [4.78, 5) is 0. The van der Waals surface area contributed by atoms with Gasteiger partial charge in [0.25, 0.3) is 0 Å².